The molecule has 1 unspecified atom stereocenters. The molecule has 0 radical (unpaired) electrons. The SMILES string of the molecule is COc1ccc2c(c1)C(C)c1c-2c(Cl)c2ccc(OC)cc2c1OS(=O)(=O)C(F)(F)F. The van der Waals surface area contributed by atoms with E-state index in [-0.39, 0.29) is 16.0 Å². The van der Waals surface area contributed by atoms with Gasteiger partial charge in [-0.25, -0.2) is 0 Å². The predicted molar refractivity (Wildman–Crippen MR) is 111 cm³/mol. The number of halogens is 4. The van der Waals surface area contributed by atoms with Crippen LogP contribution in [-0.4, -0.2) is 28.1 Å². The van der Waals surface area contributed by atoms with Crippen molar-refractivity contribution in [2.75, 3.05) is 14.2 Å². The average molecular weight is 473 g/mol. The molecule has 0 aromatic heterocycles. The highest BCUT2D eigenvalue weighted by molar-refractivity contribution is 7.88. The van der Waals surface area contributed by atoms with E-state index >= 15 is 0 Å². The Morgan fingerprint density at radius 2 is 1.58 bits per heavy atom. The number of rotatable bonds is 4. The molecule has 0 heterocycles. The molecule has 0 saturated heterocycles. The third-order valence-electron chi connectivity index (χ3n) is 5.35. The minimum absolute atomic E-state index is 0.0996. The summed E-state index contributed by atoms with van der Waals surface area (Å²) in [5.41, 5.74) is -3.52. The summed E-state index contributed by atoms with van der Waals surface area (Å²) in [6, 6.07) is 9.70. The quantitative estimate of drug-likeness (QED) is 0.351. The lowest BCUT2D eigenvalue weighted by atomic mass is 9.95. The van der Waals surface area contributed by atoms with Crippen LogP contribution in [0.1, 0.15) is 24.0 Å². The van der Waals surface area contributed by atoms with E-state index in [4.69, 9.17) is 25.3 Å². The van der Waals surface area contributed by atoms with E-state index in [1.54, 1.807) is 37.3 Å². The lowest BCUT2D eigenvalue weighted by Gasteiger charge is -2.19. The molecule has 5 nitrogen and oxygen atoms in total. The van der Waals surface area contributed by atoms with Gasteiger partial charge in [0.15, 0.2) is 5.75 Å². The van der Waals surface area contributed by atoms with Gasteiger partial charge in [0.1, 0.15) is 11.5 Å². The van der Waals surface area contributed by atoms with Crippen molar-refractivity contribution in [2.45, 2.75) is 18.3 Å². The van der Waals surface area contributed by atoms with Crippen LogP contribution in [0.4, 0.5) is 13.2 Å². The molecule has 0 saturated carbocycles. The van der Waals surface area contributed by atoms with Crippen LogP contribution in [0.5, 0.6) is 17.2 Å². The third-order valence-corrected chi connectivity index (χ3v) is 6.69. The maximum atomic E-state index is 13.2. The fourth-order valence-corrected chi connectivity index (χ4v) is 4.74. The van der Waals surface area contributed by atoms with Crippen LogP contribution < -0.4 is 13.7 Å². The molecule has 4 rings (SSSR count). The van der Waals surface area contributed by atoms with E-state index in [0.29, 0.717) is 28.0 Å². The van der Waals surface area contributed by atoms with Gasteiger partial charge in [0.05, 0.1) is 19.2 Å². The Balaban J connectivity index is 2.10. The molecule has 3 aromatic rings. The molecule has 0 aliphatic heterocycles. The number of benzene rings is 3. The maximum Gasteiger partial charge on any atom is 0.534 e. The summed E-state index contributed by atoms with van der Waals surface area (Å²) < 4.78 is 78.6. The van der Waals surface area contributed by atoms with Crippen molar-refractivity contribution in [1.82, 2.24) is 0 Å². The van der Waals surface area contributed by atoms with Gasteiger partial charge in [-0.05, 0) is 41.5 Å². The third kappa shape index (κ3) is 3.27. The highest BCUT2D eigenvalue weighted by Gasteiger charge is 2.49. The van der Waals surface area contributed by atoms with Crippen LogP contribution in [0.3, 0.4) is 0 Å². The Hall–Kier alpha value is -2.65. The number of alkyl halides is 3. The smallest absolute Gasteiger partial charge is 0.497 e. The Morgan fingerprint density at radius 1 is 0.968 bits per heavy atom. The van der Waals surface area contributed by atoms with Crippen molar-refractivity contribution in [3.05, 3.63) is 52.5 Å². The Bertz CT molecular complexity index is 1320. The first-order valence-electron chi connectivity index (χ1n) is 9.02. The molecule has 164 valence electrons. The zero-order valence-corrected chi connectivity index (χ0v) is 18.1. The average Bonchev–Trinajstić information content (AvgIpc) is 3.02. The van der Waals surface area contributed by atoms with Crippen LogP contribution in [0.25, 0.3) is 21.9 Å². The normalized spacial score (nSPS) is 15.5. The van der Waals surface area contributed by atoms with Gasteiger partial charge in [0.2, 0.25) is 0 Å². The standard InChI is InChI=1S/C21H16ClF3O5S/c1-10-15-8-11(28-2)4-6-13(15)18-17(10)20(30-31(26,27)21(23,24)25)16-9-12(29-3)5-7-14(16)19(18)22/h4-10H,1-3H3. The van der Waals surface area contributed by atoms with Gasteiger partial charge in [0, 0.05) is 27.8 Å². The Kier molecular flexibility index (Phi) is 5.01. The highest BCUT2D eigenvalue weighted by atomic mass is 35.5. The molecular weight excluding hydrogens is 457 g/mol. The zero-order chi connectivity index (χ0) is 22.7. The predicted octanol–water partition coefficient (Wildman–Crippen LogP) is 5.87. The van der Waals surface area contributed by atoms with Crippen LogP contribution in [0.15, 0.2) is 36.4 Å². The molecule has 31 heavy (non-hydrogen) atoms. The second kappa shape index (κ2) is 7.20. The van der Waals surface area contributed by atoms with E-state index < -0.39 is 27.3 Å². The van der Waals surface area contributed by atoms with Gasteiger partial charge in [-0.1, -0.05) is 24.6 Å². The van der Waals surface area contributed by atoms with Crippen LogP contribution in [0, 0.1) is 0 Å². The molecule has 0 N–H and O–H groups in total. The van der Waals surface area contributed by atoms with Crippen molar-refractivity contribution in [3.8, 4) is 28.4 Å². The van der Waals surface area contributed by atoms with E-state index in [0.717, 1.165) is 5.56 Å². The molecule has 3 aromatic carbocycles. The number of ether oxygens (including phenoxy) is 2. The minimum Gasteiger partial charge on any atom is -0.497 e. The molecule has 1 aliphatic carbocycles. The fraction of sp³-hybridized carbons (Fsp3) is 0.238. The van der Waals surface area contributed by atoms with Gasteiger partial charge in [-0.15, -0.1) is 0 Å². The Morgan fingerprint density at radius 3 is 2.19 bits per heavy atom. The second-order valence-electron chi connectivity index (χ2n) is 7.00. The largest absolute Gasteiger partial charge is 0.534 e. The molecule has 0 bridgehead atoms. The fourth-order valence-electron chi connectivity index (χ4n) is 3.87. The summed E-state index contributed by atoms with van der Waals surface area (Å²) >= 11 is 6.68. The first kappa shape index (κ1) is 21.6. The van der Waals surface area contributed by atoms with Crippen molar-refractivity contribution in [1.29, 1.82) is 0 Å². The van der Waals surface area contributed by atoms with Crippen LogP contribution in [0.2, 0.25) is 5.02 Å². The Labute approximate surface area is 181 Å². The number of hydrogen-bond acceptors (Lipinski definition) is 5. The monoisotopic (exact) mass is 472 g/mol. The van der Waals surface area contributed by atoms with Gasteiger partial charge < -0.3 is 13.7 Å². The highest BCUT2D eigenvalue weighted by Crippen LogP contribution is 2.56. The van der Waals surface area contributed by atoms with E-state index in [1.807, 2.05) is 0 Å². The van der Waals surface area contributed by atoms with Crippen molar-refractivity contribution >= 4 is 32.5 Å². The molecular formula is C21H16ClF3O5S. The lowest BCUT2D eigenvalue weighted by Crippen LogP contribution is -2.28. The first-order chi connectivity index (χ1) is 14.5. The van der Waals surface area contributed by atoms with Crippen molar-refractivity contribution < 1.29 is 35.2 Å². The van der Waals surface area contributed by atoms with E-state index in [9.17, 15) is 21.6 Å². The van der Waals surface area contributed by atoms with E-state index in [1.165, 1.54) is 20.3 Å². The van der Waals surface area contributed by atoms with Crippen LogP contribution in [-0.2, 0) is 10.1 Å². The summed E-state index contributed by atoms with van der Waals surface area (Å²) in [5.74, 6) is -0.0753. The van der Waals surface area contributed by atoms with E-state index in [2.05, 4.69) is 0 Å². The molecule has 1 atom stereocenters. The second-order valence-corrected chi connectivity index (χ2v) is 8.92. The van der Waals surface area contributed by atoms with Crippen molar-refractivity contribution in [3.63, 3.8) is 0 Å². The number of fused-ring (bicyclic) bond motifs is 4. The molecule has 1 aliphatic rings. The summed E-state index contributed by atoms with van der Waals surface area (Å²) in [5, 5.41) is 0.715. The first-order valence-corrected chi connectivity index (χ1v) is 10.8. The molecule has 0 spiro atoms. The van der Waals surface area contributed by atoms with Gasteiger partial charge in [0.25, 0.3) is 0 Å². The summed E-state index contributed by atoms with van der Waals surface area (Å²) in [6.07, 6.45) is 0. The van der Waals surface area contributed by atoms with Crippen molar-refractivity contribution in [2.24, 2.45) is 0 Å². The van der Waals surface area contributed by atoms with Gasteiger partial charge in [-0.3, -0.25) is 0 Å². The summed E-state index contributed by atoms with van der Waals surface area (Å²) in [4.78, 5) is 0. The maximum absolute atomic E-state index is 13.2. The molecule has 10 heteroatoms. The minimum atomic E-state index is -5.93. The topological polar surface area (TPSA) is 61.8 Å². The summed E-state index contributed by atoms with van der Waals surface area (Å²) in [6.45, 7) is 1.74. The molecule has 0 amide bonds. The number of methoxy groups -OCH3 is 2. The van der Waals surface area contributed by atoms with Gasteiger partial charge in [-0.2, -0.15) is 21.6 Å². The molecule has 0 fully saturated rings. The van der Waals surface area contributed by atoms with Gasteiger partial charge >= 0.3 is 15.6 Å². The lowest BCUT2D eigenvalue weighted by molar-refractivity contribution is -0.0499. The number of hydrogen-bond donors (Lipinski definition) is 0. The zero-order valence-electron chi connectivity index (χ0n) is 16.5. The summed E-state index contributed by atoms with van der Waals surface area (Å²) in [7, 11) is -3.05. The van der Waals surface area contributed by atoms with Crippen LogP contribution >= 0.6 is 11.6 Å².